The number of hydrogen-bond acceptors (Lipinski definition) is 4. The van der Waals surface area contributed by atoms with Crippen LogP contribution in [0.3, 0.4) is 0 Å². The second kappa shape index (κ2) is 6.80. The second-order valence-electron chi connectivity index (χ2n) is 4.76. The predicted molar refractivity (Wildman–Crippen MR) is 81.1 cm³/mol. The zero-order valence-electron chi connectivity index (χ0n) is 11.2. The highest BCUT2D eigenvalue weighted by Gasteiger charge is 2.23. The van der Waals surface area contributed by atoms with Crippen LogP contribution in [0, 0.1) is 10.1 Å². The first-order valence-electron chi connectivity index (χ1n) is 6.82. The average Bonchev–Trinajstić information content (AvgIpc) is 2.65. The molecular weight excluding hydrogens is 260 g/mol. The summed E-state index contributed by atoms with van der Waals surface area (Å²) in [4.78, 5) is 13.0. The Bertz CT molecular complexity index is 439. The summed E-state index contributed by atoms with van der Waals surface area (Å²) in [5.41, 5.74) is 1.00. The standard InChI is InChI=1S/C14H20N2O2S/c1-2-19-12-7-5-6-10-15(11-12)13-8-3-4-9-14(13)16(17)18/h3-4,8-9,12H,2,5-7,10-11H2,1H3. The monoisotopic (exact) mass is 280 g/mol. The zero-order valence-corrected chi connectivity index (χ0v) is 12.1. The maximum atomic E-state index is 11.1. The molecular formula is C14H20N2O2S. The molecule has 1 fully saturated rings. The van der Waals surface area contributed by atoms with Gasteiger partial charge < -0.3 is 4.90 Å². The minimum absolute atomic E-state index is 0.227. The van der Waals surface area contributed by atoms with Crippen molar-refractivity contribution in [2.45, 2.75) is 31.4 Å². The molecule has 1 atom stereocenters. The number of nitro benzene ring substituents is 1. The number of para-hydroxylation sites is 2. The van der Waals surface area contributed by atoms with Crippen LogP contribution in [0.5, 0.6) is 0 Å². The number of anilines is 1. The molecule has 1 unspecified atom stereocenters. The molecule has 1 aromatic rings. The lowest BCUT2D eigenvalue weighted by molar-refractivity contribution is -0.384. The molecule has 0 saturated carbocycles. The summed E-state index contributed by atoms with van der Waals surface area (Å²) >= 11 is 1.97. The van der Waals surface area contributed by atoms with Crippen LogP contribution in [0.1, 0.15) is 26.2 Å². The van der Waals surface area contributed by atoms with Gasteiger partial charge in [-0.1, -0.05) is 25.5 Å². The van der Waals surface area contributed by atoms with Crippen molar-refractivity contribution in [2.75, 3.05) is 23.7 Å². The number of nitrogens with zero attached hydrogens (tertiary/aromatic N) is 2. The van der Waals surface area contributed by atoms with E-state index in [1.54, 1.807) is 12.1 Å². The van der Waals surface area contributed by atoms with E-state index in [-0.39, 0.29) is 10.6 Å². The largest absolute Gasteiger partial charge is 0.365 e. The molecule has 4 nitrogen and oxygen atoms in total. The van der Waals surface area contributed by atoms with Gasteiger partial charge in [0.1, 0.15) is 5.69 Å². The lowest BCUT2D eigenvalue weighted by Crippen LogP contribution is -2.30. The predicted octanol–water partition coefficient (Wildman–Crippen LogP) is 3.71. The first-order valence-corrected chi connectivity index (χ1v) is 7.87. The Labute approximate surface area is 118 Å². The molecule has 1 aliphatic heterocycles. The third kappa shape index (κ3) is 3.62. The minimum Gasteiger partial charge on any atom is -0.365 e. The van der Waals surface area contributed by atoms with Crippen LogP contribution in [0.4, 0.5) is 11.4 Å². The first kappa shape index (κ1) is 14.2. The van der Waals surface area contributed by atoms with Gasteiger partial charge >= 0.3 is 0 Å². The molecule has 1 heterocycles. The Kier molecular flexibility index (Phi) is 5.07. The molecule has 0 spiro atoms. The molecule has 0 N–H and O–H groups in total. The van der Waals surface area contributed by atoms with E-state index in [0.717, 1.165) is 31.0 Å². The van der Waals surface area contributed by atoms with Crippen LogP contribution < -0.4 is 4.90 Å². The van der Waals surface area contributed by atoms with Crippen molar-refractivity contribution >= 4 is 23.1 Å². The molecule has 1 saturated heterocycles. The van der Waals surface area contributed by atoms with Crippen molar-refractivity contribution in [2.24, 2.45) is 0 Å². The van der Waals surface area contributed by atoms with E-state index in [4.69, 9.17) is 0 Å². The van der Waals surface area contributed by atoms with Crippen LogP contribution in [0.15, 0.2) is 24.3 Å². The van der Waals surface area contributed by atoms with Gasteiger partial charge in [0.2, 0.25) is 0 Å². The van der Waals surface area contributed by atoms with Gasteiger partial charge in [-0.05, 0) is 24.7 Å². The van der Waals surface area contributed by atoms with Crippen LogP contribution in [-0.2, 0) is 0 Å². The lowest BCUT2D eigenvalue weighted by atomic mass is 10.2. The highest BCUT2D eigenvalue weighted by atomic mass is 32.2. The number of nitro groups is 1. The maximum Gasteiger partial charge on any atom is 0.292 e. The van der Waals surface area contributed by atoms with Crippen LogP contribution >= 0.6 is 11.8 Å². The van der Waals surface area contributed by atoms with Gasteiger partial charge in [0.05, 0.1) is 4.92 Å². The normalized spacial score (nSPS) is 20.1. The summed E-state index contributed by atoms with van der Waals surface area (Å²) in [6.07, 6.45) is 3.55. The van der Waals surface area contributed by atoms with Gasteiger partial charge in [-0.25, -0.2) is 0 Å². The molecule has 0 radical (unpaired) electrons. The Balaban J connectivity index is 2.21. The summed E-state index contributed by atoms with van der Waals surface area (Å²) in [6.45, 7) is 4.01. The topological polar surface area (TPSA) is 46.4 Å². The van der Waals surface area contributed by atoms with Crippen LogP contribution in [-0.4, -0.2) is 29.0 Å². The van der Waals surface area contributed by atoms with E-state index in [0.29, 0.717) is 5.25 Å². The van der Waals surface area contributed by atoms with E-state index < -0.39 is 0 Å². The third-order valence-corrected chi connectivity index (χ3v) is 4.64. The Morgan fingerprint density at radius 2 is 2.21 bits per heavy atom. The van der Waals surface area contributed by atoms with Crippen molar-refractivity contribution in [1.29, 1.82) is 0 Å². The summed E-state index contributed by atoms with van der Waals surface area (Å²) in [6, 6.07) is 7.09. The van der Waals surface area contributed by atoms with E-state index >= 15 is 0 Å². The molecule has 1 aromatic carbocycles. The van der Waals surface area contributed by atoms with Crippen LogP contribution in [0.25, 0.3) is 0 Å². The number of rotatable bonds is 4. The van der Waals surface area contributed by atoms with E-state index in [1.807, 2.05) is 23.9 Å². The van der Waals surface area contributed by atoms with Crippen LogP contribution in [0.2, 0.25) is 0 Å². The second-order valence-corrected chi connectivity index (χ2v) is 6.34. The van der Waals surface area contributed by atoms with Crippen molar-refractivity contribution in [1.82, 2.24) is 0 Å². The van der Waals surface area contributed by atoms with E-state index in [1.165, 1.54) is 12.8 Å². The van der Waals surface area contributed by atoms with Gasteiger partial charge in [0, 0.05) is 24.4 Å². The molecule has 0 aliphatic carbocycles. The molecule has 5 heteroatoms. The molecule has 2 rings (SSSR count). The van der Waals surface area contributed by atoms with Gasteiger partial charge in [0.25, 0.3) is 5.69 Å². The SMILES string of the molecule is CCSC1CCCCN(c2ccccc2[N+](=O)[O-])C1. The van der Waals surface area contributed by atoms with Gasteiger partial charge in [0.15, 0.2) is 0 Å². The van der Waals surface area contributed by atoms with E-state index in [9.17, 15) is 10.1 Å². The quantitative estimate of drug-likeness (QED) is 0.623. The van der Waals surface area contributed by atoms with Crippen molar-refractivity contribution in [3.8, 4) is 0 Å². The highest BCUT2D eigenvalue weighted by molar-refractivity contribution is 7.99. The van der Waals surface area contributed by atoms with Crippen molar-refractivity contribution in [3.63, 3.8) is 0 Å². The van der Waals surface area contributed by atoms with Crippen molar-refractivity contribution in [3.05, 3.63) is 34.4 Å². The Morgan fingerprint density at radius 3 is 2.95 bits per heavy atom. The summed E-state index contributed by atoms with van der Waals surface area (Å²) in [7, 11) is 0. The highest BCUT2D eigenvalue weighted by Crippen LogP contribution is 2.31. The molecule has 0 amide bonds. The molecule has 104 valence electrons. The molecule has 0 bridgehead atoms. The van der Waals surface area contributed by atoms with Gasteiger partial charge in [-0.15, -0.1) is 0 Å². The zero-order chi connectivity index (χ0) is 13.7. The fraction of sp³-hybridized carbons (Fsp3) is 0.571. The fourth-order valence-electron chi connectivity index (χ4n) is 2.58. The Morgan fingerprint density at radius 1 is 1.42 bits per heavy atom. The first-order chi connectivity index (χ1) is 9.22. The average molecular weight is 280 g/mol. The summed E-state index contributed by atoms with van der Waals surface area (Å²) < 4.78 is 0. The number of thioether (sulfide) groups is 1. The van der Waals surface area contributed by atoms with Gasteiger partial charge in [-0.3, -0.25) is 10.1 Å². The van der Waals surface area contributed by atoms with Gasteiger partial charge in [-0.2, -0.15) is 11.8 Å². The smallest absolute Gasteiger partial charge is 0.292 e. The molecule has 0 aromatic heterocycles. The molecule has 1 aliphatic rings. The number of benzene rings is 1. The van der Waals surface area contributed by atoms with Crippen molar-refractivity contribution < 1.29 is 4.92 Å². The minimum atomic E-state index is -0.276. The lowest BCUT2D eigenvalue weighted by Gasteiger charge is -2.25. The Hall–Kier alpha value is -1.23. The summed E-state index contributed by atoms with van der Waals surface area (Å²) in [5.74, 6) is 1.11. The summed E-state index contributed by atoms with van der Waals surface area (Å²) in [5, 5.41) is 11.7. The maximum absolute atomic E-state index is 11.1. The number of hydrogen-bond donors (Lipinski definition) is 0. The van der Waals surface area contributed by atoms with E-state index in [2.05, 4.69) is 11.8 Å². The third-order valence-electron chi connectivity index (χ3n) is 3.45. The molecule has 19 heavy (non-hydrogen) atoms. The fourth-order valence-corrected chi connectivity index (χ4v) is 3.67.